The van der Waals surface area contributed by atoms with Crippen LogP contribution >= 0.6 is 27.3 Å². The molecule has 0 saturated carbocycles. The number of sulfonamides is 1. The Balaban J connectivity index is 1.71. The number of fused-ring (bicyclic) bond motifs is 1. The van der Waals surface area contributed by atoms with Crippen LogP contribution in [0.3, 0.4) is 0 Å². The van der Waals surface area contributed by atoms with Gasteiger partial charge in [-0.15, -0.1) is 11.3 Å². The predicted molar refractivity (Wildman–Crippen MR) is 118 cm³/mol. The van der Waals surface area contributed by atoms with Gasteiger partial charge in [0, 0.05) is 11.0 Å². The van der Waals surface area contributed by atoms with Crippen molar-refractivity contribution >= 4 is 48.9 Å². The van der Waals surface area contributed by atoms with Crippen LogP contribution in [0.1, 0.15) is 16.7 Å². The van der Waals surface area contributed by atoms with Gasteiger partial charge in [-0.25, -0.2) is 8.42 Å². The molecule has 1 unspecified atom stereocenters. The Hall–Kier alpha value is -2.00. The summed E-state index contributed by atoms with van der Waals surface area (Å²) >= 11 is 4.62. The second-order valence-corrected chi connectivity index (χ2v) is 10.9. The Kier molecular flexibility index (Phi) is 5.61. The maximum Gasteiger partial charge on any atom is 0.253 e. The van der Waals surface area contributed by atoms with Crippen molar-refractivity contribution in [3.8, 4) is 0 Å². The number of hydrogen-bond acceptors (Lipinski definition) is 4. The average molecular weight is 491 g/mol. The number of carbonyl (C=O) groups is 1. The Bertz CT molecular complexity index is 1160. The molecular formula is C21H19BrN2O3S2. The number of anilines is 1. The quantitative estimate of drug-likeness (QED) is 0.582. The smallest absolute Gasteiger partial charge is 0.253 e. The number of thiophene rings is 1. The van der Waals surface area contributed by atoms with Crippen molar-refractivity contribution in [2.45, 2.75) is 30.1 Å². The maximum atomic E-state index is 13.3. The molecule has 1 amide bonds. The van der Waals surface area contributed by atoms with E-state index in [0.717, 1.165) is 32.5 Å². The highest BCUT2D eigenvalue weighted by Gasteiger charge is 2.40. The van der Waals surface area contributed by atoms with E-state index in [1.807, 2.05) is 49.4 Å². The number of rotatable bonds is 4. The van der Waals surface area contributed by atoms with E-state index in [2.05, 4.69) is 21.2 Å². The molecule has 0 aliphatic carbocycles. The molecule has 150 valence electrons. The number of halogens is 1. The van der Waals surface area contributed by atoms with Crippen LogP contribution in [0.5, 0.6) is 0 Å². The van der Waals surface area contributed by atoms with E-state index in [4.69, 9.17) is 0 Å². The first-order valence-electron chi connectivity index (χ1n) is 9.05. The zero-order valence-corrected chi connectivity index (χ0v) is 18.9. The first-order chi connectivity index (χ1) is 13.9. The van der Waals surface area contributed by atoms with Crippen molar-refractivity contribution in [3.05, 3.63) is 81.1 Å². The lowest BCUT2D eigenvalue weighted by Crippen LogP contribution is -2.50. The number of nitrogens with zero attached hydrogens (tertiary/aromatic N) is 1. The minimum absolute atomic E-state index is 0.170. The van der Waals surface area contributed by atoms with Crippen molar-refractivity contribution in [1.29, 1.82) is 0 Å². The summed E-state index contributed by atoms with van der Waals surface area (Å²) in [5.74, 6) is -0.343. The van der Waals surface area contributed by atoms with Gasteiger partial charge in [-0.1, -0.05) is 36.4 Å². The van der Waals surface area contributed by atoms with Crippen LogP contribution in [-0.4, -0.2) is 24.7 Å². The maximum absolute atomic E-state index is 13.3. The van der Waals surface area contributed by atoms with Crippen LogP contribution in [0.2, 0.25) is 0 Å². The molecule has 1 aromatic heterocycles. The Labute approximate surface area is 182 Å². The molecule has 0 bridgehead atoms. The topological polar surface area (TPSA) is 66.5 Å². The predicted octanol–water partition coefficient (Wildman–Crippen LogP) is 4.57. The molecular weight excluding hydrogens is 472 g/mol. The fourth-order valence-electron chi connectivity index (χ4n) is 3.44. The van der Waals surface area contributed by atoms with E-state index in [9.17, 15) is 13.2 Å². The second kappa shape index (κ2) is 8.02. The first-order valence-corrected chi connectivity index (χ1v) is 12.2. The molecule has 0 spiro atoms. The normalized spacial score (nSPS) is 17.0. The zero-order valence-electron chi connectivity index (χ0n) is 15.6. The van der Waals surface area contributed by atoms with Gasteiger partial charge in [-0.2, -0.15) is 4.31 Å². The largest absolute Gasteiger partial charge is 0.324 e. The number of aryl methyl sites for hydroxylation is 1. The third-order valence-corrected chi connectivity index (χ3v) is 8.83. The summed E-state index contributed by atoms with van der Waals surface area (Å²) in [6, 6.07) is 15.7. The summed E-state index contributed by atoms with van der Waals surface area (Å²) in [7, 11) is -3.79. The van der Waals surface area contributed by atoms with Gasteiger partial charge in [0.05, 0.1) is 5.69 Å². The second-order valence-electron chi connectivity index (χ2n) is 6.94. The first kappa shape index (κ1) is 20.3. The van der Waals surface area contributed by atoms with Gasteiger partial charge < -0.3 is 5.32 Å². The lowest BCUT2D eigenvalue weighted by Gasteiger charge is -2.34. The third kappa shape index (κ3) is 4.02. The highest BCUT2D eigenvalue weighted by molar-refractivity contribution is 9.10. The summed E-state index contributed by atoms with van der Waals surface area (Å²) in [6.07, 6.45) is 0.329. The van der Waals surface area contributed by atoms with Crippen molar-refractivity contribution < 1.29 is 13.2 Å². The van der Waals surface area contributed by atoms with E-state index in [1.54, 1.807) is 17.5 Å². The fourth-order valence-corrected chi connectivity index (χ4v) is 6.72. The van der Waals surface area contributed by atoms with E-state index in [1.165, 1.54) is 4.31 Å². The van der Waals surface area contributed by atoms with Crippen molar-refractivity contribution in [3.63, 3.8) is 0 Å². The van der Waals surface area contributed by atoms with E-state index in [0.29, 0.717) is 12.1 Å². The summed E-state index contributed by atoms with van der Waals surface area (Å²) in [6.45, 7) is 2.13. The van der Waals surface area contributed by atoms with Crippen LogP contribution in [0.25, 0.3) is 0 Å². The molecule has 2 heterocycles. The molecule has 1 aliphatic heterocycles. The lowest BCUT2D eigenvalue weighted by atomic mass is 9.95. The van der Waals surface area contributed by atoms with Gasteiger partial charge in [0.25, 0.3) is 10.0 Å². The summed E-state index contributed by atoms with van der Waals surface area (Å²) in [5, 5.41) is 4.62. The average Bonchev–Trinajstić information content (AvgIpc) is 3.25. The molecule has 1 N–H and O–H groups in total. The molecule has 4 rings (SSSR count). The molecule has 5 nitrogen and oxygen atoms in total. The van der Waals surface area contributed by atoms with Gasteiger partial charge in [0.1, 0.15) is 10.3 Å². The molecule has 3 aromatic rings. The number of hydrogen-bond donors (Lipinski definition) is 1. The highest BCUT2D eigenvalue weighted by atomic mass is 79.9. The Morgan fingerprint density at radius 2 is 1.90 bits per heavy atom. The molecule has 0 saturated heterocycles. The van der Waals surface area contributed by atoms with Gasteiger partial charge in [-0.05, 0) is 69.5 Å². The summed E-state index contributed by atoms with van der Waals surface area (Å²) < 4.78 is 28.9. The van der Waals surface area contributed by atoms with Crippen LogP contribution < -0.4 is 5.32 Å². The van der Waals surface area contributed by atoms with Crippen molar-refractivity contribution in [2.75, 3.05) is 5.32 Å². The fraction of sp³-hybridized carbons (Fsp3) is 0.190. The monoisotopic (exact) mass is 490 g/mol. The Morgan fingerprint density at radius 3 is 2.59 bits per heavy atom. The molecule has 29 heavy (non-hydrogen) atoms. The molecule has 1 aliphatic rings. The third-order valence-electron chi connectivity index (χ3n) is 4.95. The molecule has 8 heteroatoms. The number of carbonyl (C=O) groups excluding carboxylic acids is 1. The van der Waals surface area contributed by atoms with E-state index in [-0.39, 0.29) is 16.7 Å². The zero-order chi connectivity index (χ0) is 20.6. The minimum atomic E-state index is -3.79. The SMILES string of the molecule is Cc1ccc(NC(=O)C2Cc3ccccc3CN2S(=O)(=O)c2cccs2)c(Br)c1. The lowest BCUT2D eigenvalue weighted by molar-refractivity contribution is -0.120. The van der Waals surface area contributed by atoms with Crippen molar-refractivity contribution in [1.82, 2.24) is 4.31 Å². The van der Waals surface area contributed by atoms with Gasteiger partial charge in [0.15, 0.2) is 0 Å². The van der Waals surface area contributed by atoms with Gasteiger partial charge in [-0.3, -0.25) is 4.79 Å². The van der Waals surface area contributed by atoms with E-state index < -0.39 is 16.1 Å². The molecule has 0 fully saturated rings. The number of amides is 1. The number of nitrogens with one attached hydrogen (secondary N) is 1. The van der Waals surface area contributed by atoms with Crippen LogP contribution in [0.4, 0.5) is 5.69 Å². The van der Waals surface area contributed by atoms with Crippen LogP contribution in [-0.2, 0) is 27.8 Å². The standard InChI is InChI=1S/C21H19BrN2O3S2/c1-14-8-9-18(17(22)11-14)23-21(25)19-12-15-5-2-3-6-16(15)13-24(19)29(26,27)20-7-4-10-28-20/h2-11,19H,12-13H2,1H3,(H,23,25). The van der Waals surface area contributed by atoms with Crippen LogP contribution in [0.15, 0.2) is 68.7 Å². The minimum Gasteiger partial charge on any atom is -0.324 e. The highest BCUT2D eigenvalue weighted by Crippen LogP contribution is 2.32. The molecule has 1 atom stereocenters. The summed E-state index contributed by atoms with van der Waals surface area (Å²) in [5.41, 5.74) is 3.60. The van der Waals surface area contributed by atoms with E-state index >= 15 is 0 Å². The summed E-state index contributed by atoms with van der Waals surface area (Å²) in [4.78, 5) is 13.2. The van der Waals surface area contributed by atoms with Gasteiger partial charge >= 0.3 is 0 Å². The van der Waals surface area contributed by atoms with Gasteiger partial charge in [0.2, 0.25) is 5.91 Å². The van der Waals surface area contributed by atoms with Crippen LogP contribution in [0, 0.1) is 6.92 Å². The Morgan fingerprint density at radius 1 is 1.14 bits per heavy atom. The van der Waals surface area contributed by atoms with Crippen molar-refractivity contribution in [2.24, 2.45) is 0 Å². The number of benzene rings is 2. The molecule has 2 aromatic carbocycles. The molecule has 0 radical (unpaired) electrons.